The average Bonchev–Trinajstić information content (AvgIpc) is 3.19. The molecular weight excluding hydrogens is 458 g/mol. The third kappa shape index (κ3) is 4.18. The number of pyridine rings is 1. The van der Waals surface area contributed by atoms with Crippen molar-refractivity contribution in [2.75, 3.05) is 23.3 Å². The number of aryl methyl sites for hydroxylation is 2. The van der Waals surface area contributed by atoms with Gasteiger partial charge in [-0.2, -0.15) is 0 Å². The van der Waals surface area contributed by atoms with Crippen LogP contribution in [0.2, 0.25) is 5.15 Å². The van der Waals surface area contributed by atoms with Crippen molar-refractivity contribution in [3.05, 3.63) is 64.7 Å². The zero-order valence-electron chi connectivity index (χ0n) is 19.1. The van der Waals surface area contributed by atoms with Gasteiger partial charge in [0, 0.05) is 44.1 Å². The quantitative estimate of drug-likeness (QED) is 0.351. The van der Waals surface area contributed by atoms with Crippen molar-refractivity contribution in [1.29, 1.82) is 0 Å². The van der Waals surface area contributed by atoms with Crippen molar-refractivity contribution in [2.24, 2.45) is 0 Å². The molecule has 34 heavy (non-hydrogen) atoms. The first-order valence-corrected chi connectivity index (χ1v) is 11.6. The first-order valence-electron chi connectivity index (χ1n) is 11.2. The van der Waals surface area contributed by atoms with E-state index in [1.807, 2.05) is 35.4 Å². The van der Waals surface area contributed by atoms with Crippen LogP contribution in [-0.2, 0) is 6.54 Å². The lowest BCUT2D eigenvalue weighted by molar-refractivity contribution is -0.0222. The van der Waals surface area contributed by atoms with Gasteiger partial charge in [-0.25, -0.2) is 23.7 Å². The van der Waals surface area contributed by atoms with Crippen molar-refractivity contribution < 1.29 is 8.78 Å². The van der Waals surface area contributed by atoms with E-state index in [0.717, 1.165) is 39.1 Å². The van der Waals surface area contributed by atoms with Crippen molar-refractivity contribution in [1.82, 2.24) is 19.4 Å². The number of anilines is 2. The molecule has 0 unspecified atom stereocenters. The monoisotopic (exact) mass is 482 g/mol. The normalized spacial score (nSPS) is 15.7. The van der Waals surface area contributed by atoms with Crippen LogP contribution in [-0.4, -0.2) is 38.4 Å². The lowest BCUT2D eigenvalue weighted by Crippen LogP contribution is -2.40. The van der Waals surface area contributed by atoms with Gasteiger partial charge in [0.2, 0.25) is 5.95 Å². The zero-order chi connectivity index (χ0) is 24.0. The maximum Gasteiger partial charge on any atom is 0.251 e. The van der Waals surface area contributed by atoms with Crippen LogP contribution in [0.1, 0.15) is 35.4 Å². The van der Waals surface area contributed by atoms with Gasteiger partial charge < -0.3 is 10.2 Å². The summed E-state index contributed by atoms with van der Waals surface area (Å²) in [5.74, 6) is -1.98. The fourth-order valence-electron chi connectivity index (χ4n) is 4.49. The molecule has 1 saturated heterocycles. The maximum atomic E-state index is 13.8. The SMILES string of the molecule is C=Cc1nc(Cl)ccc1NCc1cc(C)cc2c1nc(N1CCC(F)(F)CC1)n1cc(C)nc21. The Bertz CT molecular complexity index is 1400. The second kappa shape index (κ2) is 8.51. The van der Waals surface area contributed by atoms with E-state index in [0.29, 0.717) is 23.3 Å². The summed E-state index contributed by atoms with van der Waals surface area (Å²) >= 11 is 6.02. The minimum absolute atomic E-state index is 0.182. The van der Waals surface area contributed by atoms with Crippen LogP contribution in [0.4, 0.5) is 20.4 Å². The minimum atomic E-state index is -2.63. The summed E-state index contributed by atoms with van der Waals surface area (Å²) in [4.78, 5) is 16.0. The Labute approximate surface area is 201 Å². The summed E-state index contributed by atoms with van der Waals surface area (Å²) in [5.41, 5.74) is 5.96. The minimum Gasteiger partial charge on any atom is -0.379 e. The number of fused-ring (bicyclic) bond motifs is 3. The fraction of sp³-hybridized carbons (Fsp3) is 0.320. The van der Waals surface area contributed by atoms with Gasteiger partial charge in [0.15, 0.2) is 0 Å². The highest BCUT2D eigenvalue weighted by molar-refractivity contribution is 6.29. The molecule has 1 fully saturated rings. The molecule has 1 aliphatic rings. The lowest BCUT2D eigenvalue weighted by Gasteiger charge is -2.33. The Morgan fingerprint density at radius 1 is 1.15 bits per heavy atom. The van der Waals surface area contributed by atoms with Gasteiger partial charge in [-0.1, -0.05) is 24.2 Å². The van der Waals surface area contributed by atoms with Crippen molar-refractivity contribution in [2.45, 2.75) is 39.2 Å². The zero-order valence-corrected chi connectivity index (χ0v) is 19.8. The molecule has 0 amide bonds. The molecule has 6 nitrogen and oxygen atoms in total. The fourth-order valence-corrected chi connectivity index (χ4v) is 4.64. The van der Waals surface area contributed by atoms with Gasteiger partial charge in [0.25, 0.3) is 5.92 Å². The average molecular weight is 483 g/mol. The summed E-state index contributed by atoms with van der Waals surface area (Å²) in [6, 6.07) is 7.75. The predicted molar refractivity (Wildman–Crippen MR) is 133 cm³/mol. The van der Waals surface area contributed by atoms with Crippen LogP contribution in [0.15, 0.2) is 37.0 Å². The van der Waals surface area contributed by atoms with Gasteiger partial charge in [0.05, 0.1) is 22.6 Å². The van der Waals surface area contributed by atoms with E-state index < -0.39 is 5.92 Å². The highest BCUT2D eigenvalue weighted by atomic mass is 35.5. The number of nitrogens with one attached hydrogen (secondary N) is 1. The second-order valence-electron chi connectivity index (χ2n) is 8.78. The molecule has 5 rings (SSSR count). The first kappa shape index (κ1) is 22.5. The van der Waals surface area contributed by atoms with E-state index in [1.54, 1.807) is 12.1 Å². The van der Waals surface area contributed by atoms with E-state index in [-0.39, 0.29) is 25.9 Å². The van der Waals surface area contributed by atoms with Gasteiger partial charge in [-0.15, -0.1) is 0 Å². The molecular formula is C25H25ClF2N6. The largest absolute Gasteiger partial charge is 0.379 e. The van der Waals surface area contributed by atoms with E-state index >= 15 is 0 Å². The number of hydrogen-bond donors (Lipinski definition) is 1. The van der Waals surface area contributed by atoms with Crippen LogP contribution < -0.4 is 10.2 Å². The maximum absolute atomic E-state index is 13.8. The molecule has 4 aromatic rings. The molecule has 1 N–H and O–H groups in total. The third-order valence-electron chi connectivity index (χ3n) is 6.16. The van der Waals surface area contributed by atoms with Crippen LogP contribution in [0.25, 0.3) is 22.6 Å². The molecule has 4 heterocycles. The number of nitrogens with zero attached hydrogens (tertiary/aromatic N) is 5. The molecule has 0 spiro atoms. The van der Waals surface area contributed by atoms with E-state index in [4.69, 9.17) is 21.6 Å². The standard InChI is InChI=1S/C25H25ClF2N6/c1-4-19-20(5-6-21(26)31-19)29-13-17-11-15(2)12-18-22(17)32-24(34-14-16(3)30-23(18)34)33-9-7-25(27,28)8-10-33/h4-6,11-12,14,29H,1,7-10,13H2,2-3H3. The molecule has 1 aliphatic heterocycles. The summed E-state index contributed by atoms with van der Waals surface area (Å²) in [7, 11) is 0. The second-order valence-corrected chi connectivity index (χ2v) is 9.16. The van der Waals surface area contributed by atoms with E-state index in [9.17, 15) is 8.78 Å². The number of alkyl halides is 2. The molecule has 0 atom stereocenters. The third-order valence-corrected chi connectivity index (χ3v) is 6.37. The van der Waals surface area contributed by atoms with Crippen LogP contribution in [0.3, 0.4) is 0 Å². The lowest BCUT2D eigenvalue weighted by atomic mass is 10.1. The number of benzene rings is 1. The number of rotatable bonds is 5. The number of hydrogen-bond acceptors (Lipinski definition) is 5. The van der Waals surface area contributed by atoms with Crippen LogP contribution >= 0.6 is 11.6 Å². The van der Waals surface area contributed by atoms with Crippen LogP contribution in [0.5, 0.6) is 0 Å². The molecule has 9 heteroatoms. The molecule has 176 valence electrons. The van der Waals surface area contributed by atoms with Crippen molar-refractivity contribution in [3.63, 3.8) is 0 Å². The predicted octanol–water partition coefficient (Wildman–Crippen LogP) is 6.04. The van der Waals surface area contributed by atoms with Gasteiger partial charge in [-0.05, 0) is 49.2 Å². The molecule has 1 aromatic carbocycles. The highest BCUT2D eigenvalue weighted by Crippen LogP contribution is 2.33. The number of halogens is 3. The smallest absolute Gasteiger partial charge is 0.251 e. The number of imidazole rings is 1. The molecule has 0 bridgehead atoms. The number of piperidine rings is 1. The molecule has 3 aromatic heterocycles. The Morgan fingerprint density at radius 3 is 2.65 bits per heavy atom. The van der Waals surface area contributed by atoms with Gasteiger partial charge in [0.1, 0.15) is 10.8 Å². The topological polar surface area (TPSA) is 58.4 Å². The van der Waals surface area contributed by atoms with Crippen LogP contribution in [0, 0.1) is 13.8 Å². The molecule has 0 aliphatic carbocycles. The van der Waals surface area contributed by atoms with Gasteiger partial charge >= 0.3 is 0 Å². The van der Waals surface area contributed by atoms with Crippen molar-refractivity contribution in [3.8, 4) is 0 Å². The van der Waals surface area contributed by atoms with Gasteiger partial charge in [-0.3, -0.25) is 4.40 Å². The summed E-state index contributed by atoms with van der Waals surface area (Å²) < 4.78 is 29.6. The van der Waals surface area contributed by atoms with Crippen molar-refractivity contribution >= 4 is 45.9 Å². The Balaban J connectivity index is 1.60. The highest BCUT2D eigenvalue weighted by Gasteiger charge is 2.35. The Kier molecular flexibility index (Phi) is 5.64. The Hall–Kier alpha value is -3.26. The first-order chi connectivity index (χ1) is 16.2. The van der Waals surface area contributed by atoms with E-state index in [2.05, 4.69) is 29.0 Å². The summed E-state index contributed by atoms with van der Waals surface area (Å²) in [5, 5.41) is 4.74. The molecule has 0 saturated carbocycles. The summed E-state index contributed by atoms with van der Waals surface area (Å²) in [6.07, 6.45) is 3.21. The summed E-state index contributed by atoms with van der Waals surface area (Å²) in [6.45, 7) is 8.76. The number of aromatic nitrogens is 4. The van der Waals surface area contributed by atoms with E-state index in [1.165, 1.54) is 0 Å². The Morgan fingerprint density at radius 2 is 1.91 bits per heavy atom. The molecule has 0 radical (unpaired) electrons.